The van der Waals surface area contributed by atoms with Gasteiger partial charge in [0.25, 0.3) is 0 Å². The van der Waals surface area contributed by atoms with Crippen LogP contribution in [0.4, 0.5) is 0 Å². The number of carbonyl (C=O) groups is 1. The lowest BCUT2D eigenvalue weighted by Gasteiger charge is -2.11. The quantitative estimate of drug-likeness (QED) is 0.401. The van der Waals surface area contributed by atoms with Crippen LogP contribution in [-0.2, 0) is 4.79 Å². The van der Waals surface area contributed by atoms with Crippen LogP contribution in [0, 0.1) is 0 Å². The van der Waals surface area contributed by atoms with Crippen molar-refractivity contribution in [3.63, 3.8) is 0 Å². The Morgan fingerprint density at radius 1 is 1.40 bits per heavy atom. The molecule has 4 heteroatoms. The molecule has 0 saturated heterocycles. The van der Waals surface area contributed by atoms with Crippen molar-refractivity contribution in [2.24, 2.45) is 0 Å². The molecule has 1 amide bonds. The third-order valence-electron chi connectivity index (χ3n) is 0.927. The number of hydrogen-bond acceptors (Lipinski definition) is 3. The highest BCUT2D eigenvalue weighted by Crippen LogP contribution is 1.63. The highest BCUT2D eigenvalue weighted by atomic mass is 16.1. The predicted octanol–water partition coefficient (Wildman–Crippen LogP) is -0.811. The van der Waals surface area contributed by atoms with Gasteiger partial charge in [-0.2, -0.15) is 0 Å². The fraction of sp³-hybridized carbons (Fsp3) is 0.833. The van der Waals surface area contributed by atoms with E-state index >= 15 is 0 Å². The van der Waals surface area contributed by atoms with E-state index < -0.39 is 0 Å². The summed E-state index contributed by atoms with van der Waals surface area (Å²) in [5.41, 5.74) is 3.02. The summed E-state index contributed by atoms with van der Waals surface area (Å²) in [4.78, 5) is 10.3. The molecule has 0 aromatic carbocycles. The van der Waals surface area contributed by atoms with Crippen LogP contribution in [0.2, 0.25) is 0 Å². The average molecular weight is 145 g/mol. The van der Waals surface area contributed by atoms with E-state index in [1.807, 2.05) is 19.1 Å². The number of hydrogen-bond donors (Lipinski definition) is 2. The maximum absolute atomic E-state index is 10.3. The van der Waals surface area contributed by atoms with Gasteiger partial charge in [-0.1, -0.05) is 0 Å². The fourth-order valence-corrected chi connectivity index (χ4v) is 0.518. The minimum Gasteiger partial charge on any atom is -0.355 e. The zero-order valence-corrected chi connectivity index (χ0v) is 6.77. The summed E-state index contributed by atoms with van der Waals surface area (Å²) in [6.45, 7) is 2.95. The van der Waals surface area contributed by atoms with Gasteiger partial charge in [0.05, 0.1) is 0 Å². The van der Waals surface area contributed by atoms with Gasteiger partial charge in [-0.15, -0.1) is 0 Å². The zero-order valence-electron chi connectivity index (χ0n) is 6.77. The Labute approximate surface area is 61.6 Å². The van der Waals surface area contributed by atoms with Gasteiger partial charge < -0.3 is 5.32 Å². The van der Waals surface area contributed by atoms with Crippen molar-refractivity contribution in [1.82, 2.24) is 15.8 Å². The topological polar surface area (TPSA) is 44.4 Å². The zero-order chi connectivity index (χ0) is 7.98. The van der Waals surface area contributed by atoms with Crippen LogP contribution in [0.15, 0.2) is 0 Å². The number of nitrogens with zero attached hydrogens (tertiary/aromatic N) is 1. The Balaban J connectivity index is 2.98. The molecule has 2 N–H and O–H groups in total. The van der Waals surface area contributed by atoms with Gasteiger partial charge in [0, 0.05) is 34.1 Å². The Hall–Kier alpha value is -0.610. The standard InChI is InChI=1S/C6H15N3O/c1-6(10)7-4-5-8-9(2)3/h8H,4-5H2,1-3H3,(H,7,10). The maximum atomic E-state index is 10.3. The molecule has 0 aromatic rings. The largest absolute Gasteiger partial charge is 0.355 e. The molecule has 4 nitrogen and oxygen atoms in total. The third kappa shape index (κ3) is 7.39. The molecule has 0 heterocycles. The number of carbonyl (C=O) groups excluding carboxylic acids is 1. The Morgan fingerprint density at radius 2 is 2.00 bits per heavy atom. The van der Waals surface area contributed by atoms with Crippen molar-refractivity contribution in [1.29, 1.82) is 0 Å². The second-order valence-electron chi connectivity index (χ2n) is 2.29. The van der Waals surface area contributed by atoms with Crippen molar-refractivity contribution in [3.8, 4) is 0 Å². The molecule has 0 bridgehead atoms. The number of nitrogens with one attached hydrogen (secondary N) is 2. The summed E-state index contributed by atoms with van der Waals surface area (Å²) >= 11 is 0. The van der Waals surface area contributed by atoms with Crippen molar-refractivity contribution in [2.75, 3.05) is 27.2 Å². The van der Waals surface area contributed by atoms with Gasteiger partial charge >= 0.3 is 0 Å². The molecular weight excluding hydrogens is 130 g/mol. The van der Waals surface area contributed by atoms with E-state index in [1.54, 1.807) is 0 Å². The van der Waals surface area contributed by atoms with E-state index in [0.717, 1.165) is 6.54 Å². The van der Waals surface area contributed by atoms with Crippen molar-refractivity contribution < 1.29 is 4.79 Å². The van der Waals surface area contributed by atoms with Crippen LogP contribution >= 0.6 is 0 Å². The normalized spacial score (nSPS) is 10.0. The fourth-order valence-electron chi connectivity index (χ4n) is 0.518. The number of rotatable bonds is 4. The average Bonchev–Trinajstić information content (AvgIpc) is 1.79. The van der Waals surface area contributed by atoms with E-state index in [9.17, 15) is 4.79 Å². The van der Waals surface area contributed by atoms with Crippen LogP contribution in [0.25, 0.3) is 0 Å². The Kier molecular flexibility index (Phi) is 4.88. The summed E-state index contributed by atoms with van der Waals surface area (Å²) in [6.07, 6.45) is 0. The first kappa shape index (κ1) is 9.39. The molecule has 0 atom stereocenters. The monoisotopic (exact) mass is 145 g/mol. The van der Waals surface area contributed by atoms with Gasteiger partial charge in [0.15, 0.2) is 0 Å². The summed E-state index contributed by atoms with van der Waals surface area (Å²) in [6, 6.07) is 0. The molecule has 0 saturated carbocycles. The van der Waals surface area contributed by atoms with Crippen molar-refractivity contribution in [3.05, 3.63) is 0 Å². The molecule has 0 aromatic heterocycles. The molecule has 0 radical (unpaired) electrons. The van der Waals surface area contributed by atoms with Gasteiger partial charge in [0.1, 0.15) is 0 Å². The molecule has 0 aliphatic rings. The van der Waals surface area contributed by atoms with E-state index in [-0.39, 0.29) is 5.91 Å². The lowest BCUT2D eigenvalue weighted by atomic mass is 10.6. The van der Waals surface area contributed by atoms with Crippen LogP contribution in [0.3, 0.4) is 0 Å². The molecular formula is C6H15N3O. The summed E-state index contributed by atoms with van der Waals surface area (Å²) in [7, 11) is 3.82. The smallest absolute Gasteiger partial charge is 0.216 e. The maximum Gasteiger partial charge on any atom is 0.216 e. The molecule has 60 valence electrons. The van der Waals surface area contributed by atoms with Gasteiger partial charge in [-0.25, -0.2) is 0 Å². The molecule has 0 fully saturated rings. The lowest BCUT2D eigenvalue weighted by Crippen LogP contribution is -2.37. The summed E-state index contributed by atoms with van der Waals surface area (Å²) in [5.74, 6) is 0.0144. The van der Waals surface area contributed by atoms with Gasteiger partial charge in [-0.05, 0) is 0 Å². The van der Waals surface area contributed by atoms with E-state index in [2.05, 4.69) is 10.7 Å². The molecule has 0 rings (SSSR count). The van der Waals surface area contributed by atoms with Crippen LogP contribution in [0.1, 0.15) is 6.92 Å². The summed E-state index contributed by atoms with van der Waals surface area (Å²) < 4.78 is 0. The first-order valence-electron chi connectivity index (χ1n) is 3.28. The van der Waals surface area contributed by atoms with E-state index in [0.29, 0.717) is 6.54 Å². The molecule has 10 heavy (non-hydrogen) atoms. The first-order chi connectivity index (χ1) is 4.63. The minimum atomic E-state index is 0.0144. The van der Waals surface area contributed by atoms with Crippen LogP contribution in [0.5, 0.6) is 0 Å². The van der Waals surface area contributed by atoms with Crippen molar-refractivity contribution in [2.45, 2.75) is 6.92 Å². The minimum absolute atomic E-state index is 0.0144. The third-order valence-corrected chi connectivity index (χ3v) is 0.927. The highest BCUT2D eigenvalue weighted by molar-refractivity contribution is 5.72. The highest BCUT2D eigenvalue weighted by Gasteiger charge is 1.89. The first-order valence-corrected chi connectivity index (χ1v) is 3.28. The predicted molar refractivity (Wildman–Crippen MR) is 40.4 cm³/mol. The lowest BCUT2D eigenvalue weighted by molar-refractivity contribution is -0.118. The SMILES string of the molecule is CC(=O)NCCNN(C)C. The van der Waals surface area contributed by atoms with E-state index in [1.165, 1.54) is 6.92 Å². The molecule has 0 unspecified atom stereocenters. The van der Waals surface area contributed by atoms with Gasteiger partial charge in [-0.3, -0.25) is 15.2 Å². The van der Waals surface area contributed by atoms with Crippen LogP contribution in [-0.4, -0.2) is 38.1 Å². The molecule has 0 spiro atoms. The van der Waals surface area contributed by atoms with Crippen molar-refractivity contribution >= 4 is 5.91 Å². The second kappa shape index (κ2) is 5.20. The van der Waals surface area contributed by atoms with Gasteiger partial charge in [0.2, 0.25) is 5.91 Å². The van der Waals surface area contributed by atoms with Crippen LogP contribution < -0.4 is 10.7 Å². The Morgan fingerprint density at radius 3 is 2.40 bits per heavy atom. The summed E-state index contributed by atoms with van der Waals surface area (Å²) in [5, 5.41) is 4.52. The Bertz CT molecular complexity index is 103. The van der Waals surface area contributed by atoms with E-state index in [4.69, 9.17) is 0 Å². The molecule has 0 aliphatic heterocycles. The number of hydrazine groups is 1. The molecule has 0 aliphatic carbocycles. The number of amides is 1. The second-order valence-corrected chi connectivity index (χ2v) is 2.29.